The molecule has 0 saturated heterocycles. The number of carbonyl (C=O) groups is 3. The second kappa shape index (κ2) is 10.1. The van der Waals surface area contributed by atoms with Gasteiger partial charge in [-0.25, -0.2) is 17.9 Å². The number of nitrogens with zero attached hydrogens (tertiary/aromatic N) is 2. The molecular formula is C25H29N5O5S. The van der Waals surface area contributed by atoms with Gasteiger partial charge < -0.3 is 15.5 Å². The number of benzene rings is 2. The second-order valence-electron chi connectivity index (χ2n) is 9.05. The van der Waals surface area contributed by atoms with Crippen LogP contribution in [0.25, 0.3) is 0 Å². The van der Waals surface area contributed by atoms with E-state index in [1.54, 1.807) is 13.3 Å². The van der Waals surface area contributed by atoms with Gasteiger partial charge >= 0.3 is 6.03 Å². The van der Waals surface area contributed by atoms with Crippen LogP contribution in [0, 0.1) is 5.92 Å². The van der Waals surface area contributed by atoms with E-state index in [0.717, 1.165) is 44.6 Å². The van der Waals surface area contributed by atoms with Gasteiger partial charge in [0, 0.05) is 37.4 Å². The number of carbonyl (C=O) groups excluding carboxylic acids is 3. The number of likely N-dealkylation sites (N-methyl/N-ethyl adjacent to an activating group) is 1. The highest BCUT2D eigenvalue weighted by atomic mass is 32.2. The summed E-state index contributed by atoms with van der Waals surface area (Å²) in [5.41, 5.74) is 0.128. The first-order valence-electron chi connectivity index (χ1n) is 11.8. The first-order valence-corrected chi connectivity index (χ1v) is 13.3. The third-order valence-corrected chi connectivity index (χ3v) is 7.95. The smallest absolute Gasteiger partial charge is 0.311 e. The summed E-state index contributed by atoms with van der Waals surface area (Å²) in [4.78, 5) is 44.4. The molecule has 1 unspecified atom stereocenters. The van der Waals surface area contributed by atoms with Gasteiger partial charge in [0.2, 0.25) is 11.6 Å². The predicted octanol–water partition coefficient (Wildman–Crippen LogP) is 3.01. The molecule has 3 N–H and O–H groups in total. The lowest BCUT2D eigenvalue weighted by Gasteiger charge is -2.40. The summed E-state index contributed by atoms with van der Waals surface area (Å²) in [6.07, 6.45) is 6.01. The number of fused-ring (bicyclic) bond motifs is 1. The zero-order valence-electron chi connectivity index (χ0n) is 20.2. The molecule has 0 radical (unpaired) electrons. The molecule has 2 aromatic rings. The highest BCUT2D eigenvalue weighted by molar-refractivity contribution is 7.90. The van der Waals surface area contributed by atoms with Gasteiger partial charge in [0.25, 0.3) is 15.9 Å². The quantitative estimate of drug-likeness (QED) is 0.567. The van der Waals surface area contributed by atoms with E-state index in [4.69, 9.17) is 4.99 Å². The van der Waals surface area contributed by atoms with Gasteiger partial charge in [0.15, 0.2) is 0 Å². The number of anilines is 2. The first-order chi connectivity index (χ1) is 17.1. The van der Waals surface area contributed by atoms with Crippen LogP contribution in [-0.4, -0.2) is 45.2 Å². The molecule has 10 nitrogen and oxygen atoms in total. The standard InChI is InChI=1S/C25H29N5O5S/c1-17(31)29-36(34,35)21-13-8-12-20(15-21)27-24(33)28-25(19-10-4-3-5-11-19)23(32)30(2)22-14-7-6-9-18(22)16-26-25/h6-9,12-16,19H,3-5,10-11H2,1-2H3,(H,29,31)(H2,27,28,33). The summed E-state index contributed by atoms with van der Waals surface area (Å²) >= 11 is 0. The van der Waals surface area contributed by atoms with Crippen LogP contribution in [0.4, 0.5) is 16.2 Å². The van der Waals surface area contributed by atoms with Crippen LogP contribution >= 0.6 is 0 Å². The average molecular weight is 512 g/mol. The Hall–Kier alpha value is -3.73. The number of nitrogens with one attached hydrogen (secondary N) is 3. The maximum absolute atomic E-state index is 13.9. The van der Waals surface area contributed by atoms with Crippen LogP contribution < -0.4 is 20.3 Å². The Labute approximate surface area is 210 Å². The van der Waals surface area contributed by atoms with Crippen molar-refractivity contribution in [3.8, 4) is 0 Å². The van der Waals surface area contributed by atoms with Gasteiger partial charge in [-0.05, 0) is 37.1 Å². The van der Waals surface area contributed by atoms with Crippen LogP contribution in [0.2, 0.25) is 0 Å². The van der Waals surface area contributed by atoms with E-state index < -0.39 is 27.6 Å². The van der Waals surface area contributed by atoms with Gasteiger partial charge in [-0.3, -0.25) is 14.6 Å². The molecule has 0 bridgehead atoms. The Morgan fingerprint density at radius 3 is 2.50 bits per heavy atom. The number of hydrogen-bond donors (Lipinski definition) is 3. The van der Waals surface area contributed by atoms with Crippen molar-refractivity contribution in [3.05, 3.63) is 54.1 Å². The van der Waals surface area contributed by atoms with Crippen molar-refractivity contribution in [2.75, 3.05) is 17.3 Å². The Kier molecular flexibility index (Phi) is 7.11. The number of para-hydroxylation sites is 1. The zero-order chi connectivity index (χ0) is 25.9. The Morgan fingerprint density at radius 2 is 1.78 bits per heavy atom. The Morgan fingerprint density at radius 1 is 1.06 bits per heavy atom. The molecule has 2 aliphatic rings. The van der Waals surface area contributed by atoms with E-state index >= 15 is 0 Å². The summed E-state index contributed by atoms with van der Waals surface area (Å²) in [5.74, 6) is -1.27. The third-order valence-electron chi connectivity index (χ3n) is 6.52. The van der Waals surface area contributed by atoms with Crippen LogP contribution in [0.15, 0.2) is 58.4 Å². The molecule has 1 aliphatic heterocycles. The van der Waals surface area contributed by atoms with Crippen molar-refractivity contribution < 1.29 is 22.8 Å². The number of aliphatic imine (C=N–C) groups is 1. The fraction of sp³-hybridized carbons (Fsp3) is 0.360. The topological polar surface area (TPSA) is 137 Å². The highest BCUT2D eigenvalue weighted by Crippen LogP contribution is 2.38. The first kappa shape index (κ1) is 25.4. The highest BCUT2D eigenvalue weighted by Gasteiger charge is 2.49. The molecule has 1 fully saturated rings. The summed E-state index contributed by atoms with van der Waals surface area (Å²) < 4.78 is 26.6. The normalized spacial score (nSPS) is 20.3. The van der Waals surface area contributed by atoms with E-state index in [1.165, 1.54) is 29.2 Å². The minimum atomic E-state index is -4.08. The largest absolute Gasteiger partial charge is 0.321 e. The van der Waals surface area contributed by atoms with Crippen LogP contribution in [0.3, 0.4) is 0 Å². The van der Waals surface area contributed by atoms with E-state index in [2.05, 4.69) is 10.6 Å². The van der Waals surface area contributed by atoms with Crippen LogP contribution in [0.5, 0.6) is 0 Å². The number of amides is 4. The molecule has 4 amide bonds. The Balaban J connectivity index is 1.64. The van der Waals surface area contributed by atoms with Crippen molar-refractivity contribution in [3.63, 3.8) is 0 Å². The monoisotopic (exact) mass is 511 g/mol. The summed E-state index contributed by atoms with van der Waals surface area (Å²) in [5, 5.41) is 5.46. The van der Waals surface area contributed by atoms with Crippen molar-refractivity contribution >= 4 is 45.5 Å². The predicted molar refractivity (Wildman–Crippen MR) is 136 cm³/mol. The lowest BCUT2D eigenvalue weighted by Crippen LogP contribution is -2.63. The Bertz CT molecular complexity index is 1320. The van der Waals surface area contributed by atoms with Crippen molar-refractivity contribution in [1.82, 2.24) is 10.0 Å². The molecule has 190 valence electrons. The average Bonchev–Trinajstić information content (AvgIpc) is 2.95. The number of hydrogen-bond acceptors (Lipinski definition) is 6. The molecule has 36 heavy (non-hydrogen) atoms. The van der Waals surface area contributed by atoms with Gasteiger partial charge in [0.05, 0.1) is 10.6 Å². The summed E-state index contributed by atoms with van der Waals surface area (Å²) in [6, 6.07) is 12.2. The molecule has 1 saturated carbocycles. The molecular weight excluding hydrogens is 482 g/mol. The molecule has 1 aliphatic carbocycles. The number of rotatable bonds is 5. The molecule has 1 heterocycles. The van der Waals surface area contributed by atoms with Crippen molar-refractivity contribution in [2.45, 2.75) is 49.6 Å². The van der Waals surface area contributed by atoms with Gasteiger partial charge in [-0.1, -0.05) is 43.5 Å². The number of sulfonamides is 1. The lowest BCUT2D eigenvalue weighted by atomic mass is 9.79. The fourth-order valence-corrected chi connectivity index (χ4v) is 5.84. The molecule has 11 heteroatoms. The summed E-state index contributed by atoms with van der Waals surface area (Å²) in [7, 11) is -2.41. The number of urea groups is 1. The second-order valence-corrected chi connectivity index (χ2v) is 10.7. The molecule has 4 rings (SSSR count). The van der Waals surface area contributed by atoms with Crippen LogP contribution in [0.1, 0.15) is 44.6 Å². The minimum Gasteiger partial charge on any atom is -0.311 e. The van der Waals surface area contributed by atoms with E-state index in [9.17, 15) is 22.8 Å². The van der Waals surface area contributed by atoms with Crippen molar-refractivity contribution in [2.24, 2.45) is 10.9 Å². The zero-order valence-corrected chi connectivity index (χ0v) is 21.0. The van der Waals surface area contributed by atoms with E-state index in [1.807, 2.05) is 29.0 Å². The minimum absolute atomic E-state index is 0.180. The maximum Gasteiger partial charge on any atom is 0.321 e. The lowest BCUT2D eigenvalue weighted by molar-refractivity contribution is -0.126. The maximum atomic E-state index is 13.9. The fourth-order valence-electron chi connectivity index (χ4n) is 4.81. The third kappa shape index (κ3) is 5.11. The number of benzodiazepines with no additional fused rings is 1. The van der Waals surface area contributed by atoms with E-state index in [-0.39, 0.29) is 22.4 Å². The SMILES string of the molecule is CC(=O)NS(=O)(=O)c1cccc(NC(=O)NC2(C3CCCCC3)N=Cc3ccccc3N(C)C2=O)c1. The molecule has 0 aromatic heterocycles. The van der Waals surface area contributed by atoms with Crippen molar-refractivity contribution in [1.29, 1.82) is 0 Å². The molecule has 0 spiro atoms. The van der Waals surface area contributed by atoms with Crippen LogP contribution in [-0.2, 0) is 19.6 Å². The summed E-state index contributed by atoms with van der Waals surface area (Å²) in [6.45, 7) is 1.09. The van der Waals surface area contributed by atoms with E-state index in [0.29, 0.717) is 5.69 Å². The molecule has 2 aromatic carbocycles. The van der Waals surface area contributed by atoms with Gasteiger partial charge in [-0.2, -0.15) is 0 Å². The van der Waals surface area contributed by atoms with Gasteiger partial charge in [0.1, 0.15) is 0 Å². The van der Waals surface area contributed by atoms with Gasteiger partial charge in [-0.15, -0.1) is 0 Å². The molecule has 1 atom stereocenters.